The second kappa shape index (κ2) is 5.47. The van der Waals surface area contributed by atoms with Crippen LogP contribution in [0, 0.1) is 0 Å². The number of ether oxygens (including phenoxy) is 2. The highest BCUT2D eigenvalue weighted by Gasteiger charge is 2.51. The Bertz CT molecular complexity index is 206. The minimum Gasteiger partial charge on any atom is -0.465 e. The number of hydrogen-bond acceptors (Lipinski definition) is 4. The number of esters is 1. The quantitative estimate of drug-likeness (QED) is 0.674. The molecule has 15 heavy (non-hydrogen) atoms. The summed E-state index contributed by atoms with van der Waals surface area (Å²) < 4.78 is 10.3. The van der Waals surface area contributed by atoms with Crippen LogP contribution in [0.3, 0.4) is 0 Å². The minimum atomic E-state index is -0.479. The number of hydrogen-bond donors (Lipinski definition) is 1. The molecule has 1 rings (SSSR count). The topological polar surface area (TPSA) is 47.6 Å². The highest BCUT2D eigenvalue weighted by Crippen LogP contribution is 2.35. The zero-order chi connectivity index (χ0) is 11.3. The van der Waals surface area contributed by atoms with Gasteiger partial charge in [-0.1, -0.05) is 6.92 Å². The van der Waals surface area contributed by atoms with Gasteiger partial charge in [0, 0.05) is 20.0 Å². The molecule has 0 aromatic rings. The average Bonchev–Trinajstić information content (AvgIpc) is 2.17. The van der Waals surface area contributed by atoms with Crippen LogP contribution in [0.4, 0.5) is 0 Å². The molecule has 1 N–H and O–H groups in total. The van der Waals surface area contributed by atoms with Gasteiger partial charge in [-0.05, 0) is 19.9 Å². The van der Waals surface area contributed by atoms with Crippen molar-refractivity contribution in [2.75, 3.05) is 20.3 Å². The number of rotatable bonds is 6. The predicted molar refractivity (Wildman–Crippen MR) is 57.7 cm³/mol. The Hall–Kier alpha value is -0.610. The molecule has 4 nitrogen and oxygen atoms in total. The Morgan fingerprint density at radius 1 is 1.47 bits per heavy atom. The number of carbonyl (C=O) groups excluding carboxylic acids is 1. The summed E-state index contributed by atoms with van der Waals surface area (Å²) >= 11 is 0. The van der Waals surface area contributed by atoms with Crippen molar-refractivity contribution in [3.05, 3.63) is 0 Å². The molecule has 4 heteroatoms. The molecule has 1 aliphatic carbocycles. The summed E-state index contributed by atoms with van der Waals surface area (Å²) in [6, 6.07) is 0. The van der Waals surface area contributed by atoms with E-state index in [-0.39, 0.29) is 12.1 Å². The van der Waals surface area contributed by atoms with E-state index in [1.165, 1.54) is 0 Å². The molecule has 1 fully saturated rings. The van der Waals surface area contributed by atoms with E-state index in [0.29, 0.717) is 6.61 Å². The monoisotopic (exact) mass is 215 g/mol. The SMILES string of the molecule is CCCNC1(C(=O)OCC)CC(OC)C1. The van der Waals surface area contributed by atoms with Gasteiger partial charge in [0.25, 0.3) is 0 Å². The summed E-state index contributed by atoms with van der Waals surface area (Å²) in [6.45, 7) is 5.19. The largest absolute Gasteiger partial charge is 0.465 e. The fourth-order valence-electron chi connectivity index (χ4n) is 1.90. The van der Waals surface area contributed by atoms with Crippen molar-refractivity contribution in [2.45, 2.75) is 44.8 Å². The summed E-state index contributed by atoms with van der Waals surface area (Å²) in [6.07, 6.45) is 2.66. The lowest BCUT2D eigenvalue weighted by Gasteiger charge is -2.45. The summed E-state index contributed by atoms with van der Waals surface area (Å²) in [5.41, 5.74) is -0.479. The predicted octanol–water partition coefficient (Wildman–Crippen LogP) is 1.10. The molecule has 1 aliphatic rings. The van der Waals surface area contributed by atoms with Gasteiger partial charge in [-0.25, -0.2) is 0 Å². The van der Waals surface area contributed by atoms with Crippen molar-refractivity contribution < 1.29 is 14.3 Å². The second-order valence-corrected chi connectivity index (χ2v) is 4.00. The lowest BCUT2D eigenvalue weighted by Crippen LogP contribution is -2.63. The first kappa shape index (κ1) is 12.5. The Morgan fingerprint density at radius 3 is 2.60 bits per heavy atom. The molecule has 0 saturated heterocycles. The molecule has 0 amide bonds. The Morgan fingerprint density at radius 2 is 2.13 bits per heavy atom. The maximum atomic E-state index is 11.8. The van der Waals surface area contributed by atoms with E-state index in [1.807, 2.05) is 6.92 Å². The maximum Gasteiger partial charge on any atom is 0.326 e. The highest BCUT2D eigenvalue weighted by molar-refractivity contribution is 5.82. The van der Waals surface area contributed by atoms with Gasteiger partial charge in [-0.2, -0.15) is 0 Å². The Kier molecular flexibility index (Phi) is 4.54. The van der Waals surface area contributed by atoms with Crippen LogP contribution in [0.2, 0.25) is 0 Å². The molecule has 0 aromatic carbocycles. The van der Waals surface area contributed by atoms with Gasteiger partial charge in [-0.3, -0.25) is 4.79 Å². The summed E-state index contributed by atoms with van der Waals surface area (Å²) in [5.74, 6) is -0.133. The summed E-state index contributed by atoms with van der Waals surface area (Å²) in [4.78, 5) is 11.8. The van der Waals surface area contributed by atoms with Crippen molar-refractivity contribution in [3.63, 3.8) is 0 Å². The standard InChI is InChI=1S/C11H21NO3/c1-4-6-12-11(10(13)15-5-2)7-9(8-11)14-3/h9,12H,4-8H2,1-3H3. The first-order chi connectivity index (χ1) is 7.18. The van der Waals surface area contributed by atoms with Crippen molar-refractivity contribution in [1.29, 1.82) is 0 Å². The van der Waals surface area contributed by atoms with E-state index >= 15 is 0 Å². The average molecular weight is 215 g/mol. The molecular formula is C11H21NO3. The van der Waals surface area contributed by atoms with Crippen LogP contribution >= 0.6 is 0 Å². The smallest absolute Gasteiger partial charge is 0.326 e. The van der Waals surface area contributed by atoms with Crippen LogP contribution in [-0.2, 0) is 14.3 Å². The molecule has 0 bridgehead atoms. The van der Waals surface area contributed by atoms with Gasteiger partial charge in [0.15, 0.2) is 0 Å². The highest BCUT2D eigenvalue weighted by atomic mass is 16.5. The van der Waals surface area contributed by atoms with Crippen LogP contribution in [0.5, 0.6) is 0 Å². The maximum absolute atomic E-state index is 11.8. The third-order valence-electron chi connectivity index (χ3n) is 2.87. The normalized spacial score (nSPS) is 29.7. The molecule has 0 atom stereocenters. The molecule has 0 aromatic heterocycles. The van der Waals surface area contributed by atoms with E-state index < -0.39 is 5.54 Å². The summed E-state index contributed by atoms with van der Waals surface area (Å²) in [7, 11) is 1.68. The molecule has 88 valence electrons. The zero-order valence-corrected chi connectivity index (χ0v) is 9.84. The lowest BCUT2D eigenvalue weighted by molar-refractivity contribution is -0.162. The van der Waals surface area contributed by atoms with Gasteiger partial charge in [-0.15, -0.1) is 0 Å². The zero-order valence-electron chi connectivity index (χ0n) is 9.84. The van der Waals surface area contributed by atoms with Crippen molar-refractivity contribution in [2.24, 2.45) is 0 Å². The summed E-state index contributed by atoms with van der Waals surface area (Å²) in [5, 5.41) is 3.28. The number of carbonyl (C=O) groups is 1. The van der Waals surface area contributed by atoms with E-state index in [9.17, 15) is 4.79 Å². The molecule has 1 saturated carbocycles. The van der Waals surface area contributed by atoms with E-state index in [1.54, 1.807) is 7.11 Å². The fraction of sp³-hybridized carbons (Fsp3) is 0.909. The first-order valence-electron chi connectivity index (χ1n) is 5.63. The van der Waals surface area contributed by atoms with Gasteiger partial charge >= 0.3 is 5.97 Å². The second-order valence-electron chi connectivity index (χ2n) is 4.00. The number of nitrogens with one attached hydrogen (secondary N) is 1. The van der Waals surface area contributed by atoms with Crippen LogP contribution in [0.25, 0.3) is 0 Å². The van der Waals surface area contributed by atoms with Gasteiger partial charge in [0.2, 0.25) is 0 Å². The van der Waals surface area contributed by atoms with Gasteiger partial charge in [0.1, 0.15) is 5.54 Å². The van der Waals surface area contributed by atoms with Crippen LogP contribution in [0.1, 0.15) is 33.1 Å². The Balaban J connectivity index is 2.51. The van der Waals surface area contributed by atoms with E-state index in [4.69, 9.17) is 9.47 Å². The Labute approximate surface area is 91.3 Å². The molecule has 0 spiro atoms. The molecule has 0 radical (unpaired) electrons. The molecule has 0 heterocycles. The van der Waals surface area contributed by atoms with Gasteiger partial charge < -0.3 is 14.8 Å². The third kappa shape index (κ3) is 2.69. The third-order valence-corrected chi connectivity index (χ3v) is 2.87. The minimum absolute atomic E-state index is 0.133. The van der Waals surface area contributed by atoms with Crippen molar-refractivity contribution in [1.82, 2.24) is 5.32 Å². The molecule has 0 aliphatic heterocycles. The van der Waals surface area contributed by atoms with Crippen molar-refractivity contribution in [3.8, 4) is 0 Å². The first-order valence-corrected chi connectivity index (χ1v) is 5.63. The van der Waals surface area contributed by atoms with E-state index in [2.05, 4.69) is 12.2 Å². The van der Waals surface area contributed by atoms with E-state index in [0.717, 1.165) is 25.8 Å². The van der Waals surface area contributed by atoms with Crippen LogP contribution in [-0.4, -0.2) is 37.9 Å². The van der Waals surface area contributed by atoms with Gasteiger partial charge in [0.05, 0.1) is 12.7 Å². The number of methoxy groups -OCH3 is 1. The molecular weight excluding hydrogens is 194 g/mol. The van der Waals surface area contributed by atoms with Crippen LogP contribution < -0.4 is 5.32 Å². The molecule has 0 unspecified atom stereocenters. The lowest BCUT2D eigenvalue weighted by atomic mass is 9.74. The van der Waals surface area contributed by atoms with Crippen molar-refractivity contribution >= 4 is 5.97 Å². The fourth-order valence-corrected chi connectivity index (χ4v) is 1.90. The van der Waals surface area contributed by atoms with Crippen LogP contribution in [0.15, 0.2) is 0 Å².